The van der Waals surface area contributed by atoms with Crippen molar-refractivity contribution in [3.05, 3.63) is 84.2 Å². The summed E-state index contributed by atoms with van der Waals surface area (Å²) >= 11 is 0. The van der Waals surface area contributed by atoms with E-state index in [9.17, 15) is 4.79 Å². The van der Waals surface area contributed by atoms with Crippen molar-refractivity contribution in [2.75, 3.05) is 5.32 Å². The molecule has 0 saturated heterocycles. The molecule has 5 rings (SSSR count). The van der Waals surface area contributed by atoms with Gasteiger partial charge in [0, 0.05) is 23.6 Å². The zero-order valence-electron chi connectivity index (χ0n) is 15.4. The molecule has 5 nitrogen and oxygen atoms in total. The van der Waals surface area contributed by atoms with E-state index in [0.29, 0.717) is 12.1 Å². The summed E-state index contributed by atoms with van der Waals surface area (Å²) in [7, 11) is 0. The molecule has 0 spiro atoms. The largest absolute Gasteiger partial charge is 0.325 e. The average molecular weight is 366 g/mol. The zero-order valence-corrected chi connectivity index (χ0v) is 15.4. The average Bonchev–Trinajstić information content (AvgIpc) is 2.98. The highest BCUT2D eigenvalue weighted by Crippen LogP contribution is 2.41. The van der Waals surface area contributed by atoms with Crippen molar-refractivity contribution in [1.29, 1.82) is 0 Å². The monoisotopic (exact) mass is 366 g/mol. The van der Waals surface area contributed by atoms with Crippen molar-refractivity contribution in [3.63, 3.8) is 0 Å². The lowest BCUT2D eigenvalue weighted by atomic mass is 9.78. The molecule has 2 aromatic heterocycles. The lowest BCUT2D eigenvalue weighted by Crippen LogP contribution is -2.33. The minimum Gasteiger partial charge on any atom is -0.325 e. The van der Waals surface area contributed by atoms with Gasteiger partial charge in [0.2, 0.25) is 5.91 Å². The Labute approximate surface area is 162 Å². The number of aromatic nitrogens is 3. The van der Waals surface area contributed by atoms with Gasteiger partial charge < -0.3 is 5.32 Å². The van der Waals surface area contributed by atoms with E-state index in [0.717, 1.165) is 33.6 Å². The molecule has 1 amide bonds. The SMILES string of the molecule is CC1(Cc2ccccc2)C(=O)Nc2ccc(-c3ccc4nccnc4n3)cc21. The number of amides is 1. The number of hydrogen-bond donors (Lipinski definition) is 1. The molecule has 0 bridgehead atoms. The molecule has 2 aromatic carbocycles. The number of nitrogens with zero attached hydrogens (tertiary/aromatic N) is 3. The third kappa shape index (κ3) is 2.63. The fraction of sp³-hybridized carbons (Fsp3) is 0.130. The first kappa shape index (κ1) is 16.6. The first-order chi connectivity index (χ1) is 13.6. The van der Waals surface area contributed by atoms with Crippen LogP contribution in [0.2, 0.25) is 0 Å². The molecule has 1 N–H and O–H groups in total. The maximum atomic E-state index is 12.8. The summed E-state index contributed by atoms with van der Waals surface area (Å²) in [6.07, 6.45) is 3.94. The smallest absolute Gasteiger partial charge is 0.235 e. The van der Waals surface area contributed by atoms with Gasteiger partial charge in [-0.25, -0.2) is 9.97 Å². The van der Waals surface area contributed by atoms with Crippen LogP contribution in [0.15, 0.2) is 73.1 Å². The molecule has 136 valence electrons. The molecule has 4 aromatic rings. The minimum atomic E-state index is -0.622. The fourth-order valence-corrected chi connectivity index (χ4v) is 3.85. The van der Waals surface area contributed by atoms with Crippen LogP contribution < -0.4 is 5.32 Å². The first-order valence-electron chi connectivity index (χ1n) is 9.21. The van der Waals surface area contributed by atoms with Gasteiger partial charge in [0.05, 0.1) is 11.1 Å². The standard InChI is InChI=1S/C23H18N4O/c1-23(14-15-5-3-2-4-6-15)17-13-16(7-8-19(17)27-22(23)28)18-9-10-20-21(26-18)25-12-11-24-20/h2-13H,14H2,1H3,(H,27,28). The number of carbonyl (C=O) groups excluding carboxylic acids is 1. The van der Waals surface area contributed by atoms with Crippen LogP contribution in [-0.2, 0) is 16.6 Å². The number of pyridine rings is 1. The van der Waals surface area contributed by atoms with E-state index >= 15 is 0 Å². The van der Waals surface area contributed by atoms with Crippen LogP contribution in [-0.4, -0.2) is 20.9 Å². The highest BCUT2D eigenvalue weighted by Gasteiger charge is 2.42. The Morgan fingerprint density at radius 3 is 2.64 bits per heavy atom. The van der Waals surface area contributed by atoms with E-state index < -0.39 is 5.41 Å². The van der Waals surface area contributed by atoms with Crippen molar-refractivity contribution in [2.24, 2.45) is 0 Å². The molecular formula is C23H18N4O. The second kappa shape index (κ2) is 6.23. The Bertz CT molecular complexity index is 1210. The topological polar surface area (TPSA) is 67.8 Å². The number of benzene rings is 2. The predicted octanol–water partition coefficient (Wildman–Crippen LogP) is 4.14. The van der Waals surface area contributed by atoms with Crippen LogP contribution in [0.1, 0.15) is 18.1 Å². The third-order valence-corrected chi connectivity index (χ3v) is 5.39. The van der Waals surface area contributed by atoms with Crippen LogP contribution in [0.5, 0.6) is 0 Å². The van der Waals surface area contributed by atoms with Crippen molar-refractivity contribution >= 4 is 22.8 Å². The Hall–Kier alpha value is -3.60. The van der Waals surface area contributed by atoms with Crippen molar-refractivity contribution in [1.82, 2.24) is 15.0 Å². The van der Waals surface area contributed by atoms with Crippen molar-refractivity contribution in [2.45, 2.75) is 18.8 Å². The number of fused-ring (bicyclic) bond motifs is 2. The lowest BCUT2D eigenvalue weighted by molar-refractivity contribution is -0.120. The van der Waals surface area contributed by atoms with Gasteiger partial charge in [-0.2, -0.15) is 0 Å². The number of rotatable bonds is 3. The Balaban J connectivity index is 1.59. The van der Waals surface area contributed by atoms with Gasteiger partial charge in [-0.3, -0.25) is 9.78 Å². The molecule has 5 heteroatoms. The Morgan fingerprint density at radius 1 is 0.964 bits per heavy atom. The van der Waals surface area contributed by atoms with Gasteiger partial charge in [0.1, 0.15) is 5.52 Å². The van der Waals surface area contributed by atoms with Crippen molar-refractivity contribution in [3.8, 4) is 11.3 Å². The van der Waals surface area contributed by atoms with E-state index in [-0.39, 0.29) is 5.91 Å². The van der Waals surface area contributed by atoms with Gasteiger partial charge >= 0.3 is 0 Å². The van der Waals surface area contributed by atoms with Crippen LogP contribution in [0, 0.1) is 0 Å². The number of anilines is 1. The molecule has 3 heterocycles. The number of carbonyl (C=O) groups is 1. The van der Waals surface area contributed by atoms with Crippen LogP contribution in [0.4, 0.5) is 5.69 Å². The van der Waals surface area contributed by atoms with Crippen LogP contribution in [0.3, 0.4) is 0 Å². The summed E-state index contributed by atoms with van der Waals surface area (Å²) in [4.78, 5) is 26.0. The van der Waals surface area contributed by atoms with Gasteiger partial charge in [-0.15, -0.1) is 0 Å². The van der Waals surface area contributed by atoms with Crippen LogP contribution in [0.25, 0.3) is 22.4 Å². The fourth-order valence-electron chi connectivity index (χ4n) is 3.85. The summed E-state index contributed by atoms with van der Waals surface area (Å²) in [6.45, 7) is 2.00. The van der Waals surface area contributed by atoms with E-state index in [1.165, 1.54) is 0 Å². The van der Waals surface area contributed by atoms with E-state index in [2.05, 4.69) is 38.5 Å². The lowest BCUT2D eigenvalue weighted by Gasteiger charge is -2.23. The zero-order chi connectivity index (χ0) is 19.1. The Kier molecular flexibility index (Phi) is 3.69. The van der Waals surface area contributed by atoms with E-state index in [1.54, 1.807) is 12.4 Å². The highest BCUT2D eigenvalue weighted by molar-refractivity contribution is 6.06. The molecule has 1 aliphatic heterocycles. The predicted molar refractivity (Wildman–Crippen MR) is 109 cm³/mol. The summed E-state index contributed by atoms with van der Waals surface area (Å²) in [5.74, 6) is 0.0286. The van der Waals surface area contributed by atoms with E-state index in [4.69, 9.17) is 0 Å². The highest BCUT2D eigenvalue weighted by atomic mass is 16.2. The minimum absolute atomic E-state index is 0.0286. The van der Waals surface area contributed by atoms with Crippen molar-refractivity contribution < 1.29 is 4.79 Å². The molecule has 1 unspecified atom stereocenters. The second-order valence-electron chi connectivity index (χ2n) is 7.30. The molecule has 0 fully saturated rings. The van der Waals surface area contributed by atoms with Crippen LogP contribution >= 0.6 is 0 Å². The molecule has 28 heavy (non-hydrogen) atoms. The summed E-state index contributed by atoms with van der Waals surface area (Å²) in [5.41, 5.74) is 5.54. The summed E-state index contributed by atoms with van der Waals surface area (Å²) in [6, 6.07) is 20.0. The van der Waals surface area contributed by atoms with Gasteiger partial charge in [0.25, 0.3) is 0 Å². The number of hydrogen-bond acceptors (Lipinski definition) is 4. The molecule has 0 aliphatic carbocycles. The molecule has 1 atom stereocenters. The molecule has 0 saturated carbocycles. The summed E-state index contributed by atoms with van der Waals surface area (Å²) in [5, 5.41) is 3.03. The third-order valence-electron chi connectivity index (χ3n) is 5.39. The quantitative estimate of drug-likeness (QED) is 0.592. The first-order valence-corrected chi connectivity index (χ1v) is 9.21. The molecular weight excluding hydrogens is 348 g/mol. The van der Waals surface area contributed by atoms with Gasteiger partial charge in [0.15, 0.2) is 5.65 Å². The van der Waals surface area contributed by atoms with E-state index in [1.807, 2.05) is 49.4 Å². The summed E-state index contributed by atoms with van der Waals surface area (Å²) < 4.78 is 0. The molecule has 0 radical (unpaired) electrons. The molecule has 1 aliphatic rings. The van der Waals surface area contributed by atoms with Gasteiger partial charge in [-0.05, 0) is 48.7 Å². The van der Waals surface area contributed by atoms with Gasteiger partial charge in [-0.1, -0.05) is 36.4 Å². The normalized spacial score (nSPS) is 18.1. The maximum absolute atomic E-state index is 12.8. The Morgan fingerprint density at radius 2 is 1.79 bits per heavy atom. The second-order valence-corrected chi connectivity index (χ2v) is 7.30. The maximum Gasteiger partial charge on any atom is 0.235 e. The number of nitrogens with one attached hydrogen (secondary N) is 1.